The molecule has 0 aliphatic carbocycles. The minimum Gasteiger partial charge on any atom is -0.376 e. The molecule has 0 spiro atoms. The van der Waals surface area contributed by atoms with Crippen molar-refractivity contribution in [3.63, 3.8) is 0 Å². The van der Waals surface area contributed by atoms with Crippen LogP contribution in [0.5, 0.6) is 0 Å². The van der Waals surface area contributed by atoms with E-state index in [9.17, 15) is 0 Å². The van der Waals surface area contributed by atoms with Crippen LogP contribution in [-0.2, 0) is 13.3 Å². The molecule has 0 aromatic carbocycles. The lowest BCUT2D eigenvalue weighted by Gasteiger charge is -2.47. The quantitative estimate of drug-likeness (QED) is 0.498. The maximum Gasteiger partial charge on any atom is 0.522 e. The standard InChI is InChI=1S/C11H29N3O3Si/c1-9(12-3)10(13-4)11(2,14-5)18(15-6,16-7)17-8/h9-10,12-14H,1-8H3. The van der Waals surface area contributed by atoms with E-state index in [0.717, 1.165) is 0 Å². The maximum atomic E-state index is 5.63. The molecule has 0 aliphatic rings. The van der Waals surface area contributed by atoms with Gasteiger partial charge in [0.15, 0.2) is 0 Å². The highest BCUT2D eigenvalue weighted by atomic mass is 28.4. The van der Waals surface area contributed by atoms with Crippen LogP contribution in [0.3, 0.4) is 0 Å². The Morgan fingerprint density at radius 2 is 1.39 bits per heavy atom. The van der Waals surface area contributed by atoms with Crippen molar-refractivity contribution in [2.45, 2.75) is 31.1 Å². The summed E-state index contributed by atoms with van der Waals surface area (Å²) in [4.78, 5) is 0. The minimum absolute atomic E-state index is 0.0824. The van der Waals surface area contributed by atoms with Crippen molar-refractivity contribution in [1.82, 2.24) is 16.0 Å². The third-order valence-corrected chi connectivity index (χ3v) is 7.30. The number of likely N-dealkylation sites (N-methyl/N-ethyl adjacent to an activating group) is 3. The van der Waals surface area contributed by atoms with Crippen LogP contribution in [0.25, 0.3) is 0 Å². The highest BCUT2D eigenvalue weighted by Crippen LogP contribution is 2.27. The van der Waals surface area contributed by atoms with Gasteiger partial charge < -0.3 is 29.2 Å². The molecule has 0 aromatic rings. The molecule has 3 N–H and O–H groups in total. The second kappa shape index (κ2) is 7.54. The molecule has 3 atom stereocenters. The topological polar surface area (TPSA) is 63.8 Å². The monoisotopic (exact) mass is 279 g/mol. The van der Waals surface area contributed by atoms with Crippen molar-refractivity contribution in [3.8, 4) is 0 Å². The van der Waals surface area contributed by atoms with E-state index in [0.29, 0.717) is 0 Å². The van der Waals surface area contributed by atoms with Gasteiger partial charge in [-0.25, -0.2) is 0 Å². The molecule has 18 heavy (non-hydrogen) atoms. The van der Waals surface area contributed by atoms with E-state index >= 15 is 0 Å². The molecule has 0 fully saturated rings. The molecule has 0 saturated heterocycles. The molecule has 7 heteroatoms. The van der Waals surface area contributed by atoms with E-state index in [1.165, 1.54) is 0 Å². The summed E-state index contributed by atoms with van der Waals surface area (Å²) in [5, 5.41) is 9.44. The third-order valence-electron chi connectivity index (χ3n) is 3.85. The van der Waals surface area contributed by atoms with Crippen LogP contribution in [0.15, 0.2) is 0 Å². The smallest absolute Gasteiger partial charge is 0.376 e. The first-order valence-corrected chi connectivity index (χ1v) is 7.84. The fourth-order valence-corrected chi connectivity index (χ4v) is 5.44. The zero-order chi connectivity index (χ0) is 14.4. The van der Waals surface area contributed by atoms with Crippen LogP contribution in [0, 0.1) is 0 Å². The van der Waals surface area contributed by atoms with Gasteiger partial charge in [0.05, 0.1) is 0 Å². The minimum atomic E-state index is -2.85. The average Bonchev–Trinajstić information content (AvgIpc) is 2.41. The van der Waals surface area contributed by atoms with Gasteiger partial charge in [-0.1, -0.05) is 0 Å². The number of hydrogen-bond donors (Lipinski definition) is 3. The van der Waals surface area contributed by atoms with Crippen molar-refractivity contribution in [3.05, 3.63) is 0 Å². The predicted molar refractivity (Wildman–Crippen MR) is 75.6 cm³/mol. The van der Waals surface area contributed by atoms with Gasteiger partial charge in [-0.05, 0) is 35.0 Å². The van der Waals surface area contributed by atoms with Crippen LogP contribution < -0.4 is 16.0 Å². The van der Waals surface area contributed by atoms with Crippen LogP contribution in [-0.4, -0.2) is 68.5 Å². The Morgan fingerprint density at radius 3 is 1.61 bits per heavy atom. The molecule has 0 aromatic heterocycles. The second-order valence-electron chi connectivity index (χ2n) is 4.46. The Hall–Kier alpha value is -0.0231. The summed E-state index contributed by atoms with van der Waals surface area (Å²) in [6.07, 6.45) is 0. The lowest BCUT2D eigenvalue weighted by molar-refractivity contribution is 0.0722. The Labute approximate surface area is 112 Å². The van der Waals surface area contributed by atoms with Crippen LogP contribution in [0.2, 0.25) is 0 Å². The van der Waals surface area contributed by atoms with Gasteiger partial charge in [0.2, 0.25) is 0 Å². The van der Waals surface area contributed by atoms with E-state index in [1.54, 1.807) is 21.3 Å². The van der Waals surface area contributed by atoms with Gasteiger partial charge in [0, 0.05) is 33.4 Å². The lowest BCUT2D eigenvalue weighted by Crippen LogP contribution is -2.78. The van der Waals surface area contributed by atoms with Crippen LogP contribution in [0.1, 0.15) is 13.8 Å². The Kier molecular flexibility index (Phi) is 7.53. The number of nitrogens with one attached hydrogen (secondary N) is 3. The van der Waals surface area contributed by atoms with Crippen molar-refractivity contribution in [1.29, 1.82) is 0 Å². The van der Waals surface area contributed by atoms with E-state index in [4.69, 9.17) is 13.3 Å². The van der Waals surface area contributed by atoms with Gasteiger partial charge in [-0.15, -0.1) is 0 Å². The van der Waals surface area contributed by atoms with Crippen molar-refractivity contribution in [2.24, 2.45) is 0 Å². The Balaban J connectivity index is 5.54. The SMILES string of the molecule is CNC(C)C(NC)C(C)(NC)[Si](OC)(OC)OC. The van der Waals surface area contributed by atoms with Gasteiger partial charge in [0.25, 0.3) is 0 Å². The normalized spacial score (nSPS) is 19.3. The fourth-order valence-electron chi connectivity index (χ4n) is 2.59. The number of hydrogen-bond acceptors (Lipinski definition) is 6. The number of rotatable bonds is 9. The molecule has 0 amide bonds. The fraction of sp³-hybridized carbons (Fsp3) is 1.00. The second-order valence-corrected chi connectivity index (χ2v) is 7.84. The third kappa shape index (κ3) is 2.93. The maximum absolute atomic E-state index is 5.63. The summed E-state index contributed by atoms with van der Waals surface area (Å²) < 4.78 is 16.9. The highest BCUT2D eigenvalue weighted by Gasteiger charge is 2.60. The first-order valence-electron chi connectivity index (χ1n) is 6.11. The van der Waals surface area contributed by atoms with E-state index in [1.807, 2.05) is 21.1 Å². The lowest BCUT2D eigenvalue weighted by atomic mass is 10.0. The van der Waals surface area contributed by atoms with Crippen molar-refractivity contribution >= 4 is 8.80 Å². The van der Waals surface area contributed by atoms with Gasteiger partial charge in [0.1, 0.15) is 5.16 Å². The zero-order valence-electron chi connectivity index (χ0n) is 12.9. The first kappa shape index (κ1) is 18.0. The highest BCUT2D eigenvalue weighted by molar-refractivity contribution is 6.64. The predicted octanol–water partition coefficient (Wildman–Crippen LogP) is -0.422. The van der Waals surface area contributed by atoms with Crippen molar-refractivity contribution < 1.29 is 13.3 Å². The summed E-state index contributed by atoms with van der Waals surface area (Å²) in [7, 11) is 7.79. The molecule has 0 aliphatic heterocycles. The van der Waals surface area contributed by atoms with Crippen molar-refractivity contribution in [2.75, 3.05) is 42.5 Å². The summed E-state index contributed by atoms with van der Waals surface area (Å²) in [5.74, 6) is 0. The molecular weight excluding hydrogens is 250 g/mol. The molecule has 0 rings (SSSR count). The van der Waals surface area contributed by atoms with Gasteiger partial charge in [-0.3, -0.25) is 0 Å². The molecule has 0 bridgehead atoms. The summed E-state index contributed by atoms with van der Waals surface area (Å²) in [6.45, 7) is 4.17. The first-order chi connectivity index (χ1) is 8.42. The molecular formula is C11H29N3O3Si. The summed E-state index contributed by atoms with van der Waals surface area (Å²) in [6, 6.07) is 0.304. The molecule has 0 saturated carbocycles. The van der Waals surface area contributed by atoms with E-state index < -0.39 is 14.0 Å². The molecule has 110 valence electrons. The van der Waals surface area contributed by atoms with E-state index in [-0.39, 0.29) is 12.1 Å². The molecule has 0 radical (unpaired) electrons. The average molecular weight is 279 g/mol. The van der Waals surface area contributed by atoms with Crippen LogP contribution in [0.4, 0.5) is 0 Å². The van der Waals surface area contributed by atoms with Gasteiger partial charge >= 0.3 is 8.80 Å². The van der Waals surface area contributed by atoms with Crippen LogP contribution >= 0.6 is 0 Å². The summed E-state index contributed by atoms with van der Waals surface area (Å²) >= 11 is 0. The zero-order valence-corrected chi connectivity index (χ0v) is 13.9. The van der Waals surface area contributed by atoms with E-state index in [2.05, 4.69) is 29.8 Å². The molecule has 0 heterocycles. The van der Waals surface area contributed by atoms with Gasteiger partial charge in [-0.2, -0.15) is 0 Å². The Morgan fingerprint density at radius 1 is 0.944 bits per heavy atom. The molecule has 3 unspecified atom stereocenters. The summed E-state index contributed by atoms with van der Waals surface area (Å²) in [5.41, 5.74) is 0. The Bertz CT molecular complexity index is 233. The largest absolute Gasteiger partial charge is 0.522 e. The molecule has 6 nitrogen and oxygen atoms in total.